The zero-order valence-electron chi connectivity index (χ0n) is 20.2. The number of carbonyl (C=O) groups is 2. The third-order valence-corrected chi connectivity index (χ3v) is 6.98. The number of hydrogen-bond donors (Lipinski definition) is 1. The predicted octanol–water partition coefficient (Wildman–Crippen LogP) is 6.25. The first kappa shape index (κ1) is 26.4. The molecule has 2 amide bonds. The molecular weight excluding hydrogens is 471 g/mol. The van der Waals surface area contributed by atoms with Gasteiger partial charge in [-0.2, -0.15) is 0 Å². The van der Waals surface area contributed by atoms with E-state index in [1.807, 2.05) is 39.0 Å². The number of halogens is 2. The molecule has 184 valence electrons. The molecule has 1 fully saturated rings. The Bertz CT molecular complexity index is 1010. The second kappa shape index (κ2) is 12.5. The Morgan fingerprint density at radius 3 is 2.50 bits per heavy atom. The van der Waals surface area contributed by atoms with Crippen LogP contribution in [0.25, 0.3) is 0 Å². The van der Waals surface area contributed by atoms with Gasteiger partial charge in [0.1, 0.15) is 11.8 Å². The van der Waals surface area contributed by atoms with Gasteiger partial charge in [-0.3, -0.25) is 9.59 Å². The molecule has 0 heterocycles. The molecule has 0 aliphatic heterocycles. The Balaban J connectivity index is 1.81. The van der Waals surface area contributed by atoms with Crippen LogP contribution in [0.5, 0.6) is 5.75 Å². The summed E-state index contributed by atoms with van der Waals surface area (Å²) in [5, 5.41) is 4.16. The lowest BCUT2D eigenvalue weighted by Gasteiger charge is -2.33. The molecule has 0 bridgehead atoms. The Morgan fingerprint density at radius 2 is 1.82 bits per heavy atom. The van der Waals surface area contributed by atoms with Crippen molar-refractivity contribution in [2.24, 2.45) is 0 Å². The summed E-state index contributed by atoms with van der Waals surface area (Å²) < 4.78 is 5.89. The van der Waals surface area contributed by atoms with Gasteiger partial charge in [0.25, 0.3) is 5.91 Å². The van der Waals surface area contributed by atoms with Crippen LogP contribution in [0.2, 0.25) is 10.0 Å². The highest BCUT2D eigenvalue weighted by atomic mass is 35.5. The summed E-state index contributed by atoms with van der Waals surface area (Å²) in [7, 11) is 0. The fourth-order valence-corrected chi connectivity index (χ4v) is 4.85. The number of carbonyl (C=O) groups excluding carboxylic acids is 2. The Kier molecular flexibility index (Phi) is 9.66. The molecule has 1 aliphatic carbocycles. The summed E-state index contributed by atoms with van der Waals surface area (Å²) in [4.78, 5) is 28.3. The lowest BCUT2D eigenvalue weighted by atomic mass is 9.95. The van der Waals surface area contributed by atoms with E-state index in [0.717, 1.165) is 42.4 Å². The van der Waals surface area contributed by atoms with Gasteiger partial charge in [-0.25, -0.2) is 0 Å². The minimum absolute atomic E-state index is 0.125. The van der Waals surface area contributed by atoms with Crippen molar-refractivity contribution < 1.29 is 14.3 Å². The van der Waals surface area contributed by atoms with Crippen molar-refractivity contribution in [3.8, 4) is 5.75 Å². The van der Waals surface area contributed by atoms with Gasteiger partial charge in [0, 0.05) is 22.6 Å². The minimum Gasteiger partial charge on any atom is -0.483 e. The summed E-state index contributed by atoms with van der Waals surface area (Å²) in [5.74, 6) is 0.273. The summed E-state index contributed by atoms with van der Waals surface area (Å²) in [5.41, 5.74) is 2.74. The van der Waals surface area contributed by atoms with Gasteiger partial charge in [-0.15, -0.1) is 0 Å². The third kappa shape index (κ3) is 7.13. The van der Waals surface area contributed by atoms with Crippen molar-refractivity contribution in [1.29, 1.82) is 0 Å². The molecule has 34 heavy (non-hydrogen) atoms. The molecule has 1 atom stereocenters. The van der Waals surface area contributed by atoms with Gasteiger partial charge >= 0.3 is 0 Å². The first-order valence-electron chi connectivity index (χ1n) is 12.0. The van der Waals surface area contributed by atoms with E-state index in [4.69, 9.17) is 27.9 Å². The SMILES string of the molecule is CCC(C(=O)NC1CCCCC1)N(Cc1ccc(Cl)cc1Cl)C(=O)COc1cc(C)ccc1C. The van der Waals surface area contributed by atoms with Gasteiger partial charge in [0.15, 0.2) is 6.61 Å². The molecule has 1 saturated carbocycles. The maximum atomic E-state index is 13.4. The largest absolute Gasteiger partial charge is 0.483 e. The lowest BCUT2D eigenvalue weighted by molar-refractivity contribution is -0.143. The predicted molar refractivity (Wildman–Crippen MR) is 138 cm³/mol. The maximum Gasteiger partial charge on any atom is 0.261 e. The third-order valence-electron chi connectivity index (χ3n) is 6.39. The van der Waals surface area contributed by atoms with E-state index in [1.165, 1.54) is 6.42 Å². The van der Waals surface area contributed by atoms with Crippen molar-refractivity contribution >= 4 is 35.0 Å². The summed E-state index contributed by atoms with van der Waals surface area (Å²) >= 11 is 12.5. The van der Waals surface area contributed by atoms with Crippen molar-refractivity contribution in [2.75, 3.05) is 6.61 Å². The van der Waals surface area contributed by atoms with Crippen molar-refractivity contribution in [1.82, 2.24) is 10.2 Å². The molecule has 0 radical (unpaired) electrons. The Labute approximate surface area is 212 Å². The van der Waals surface area contributed by atoms with Crippen LogP contribution in [0.15, 0.2) is 36.4 Å². The van der Waals surface area contributed by atoms with E-state index in [9.17, 15) is 9.59 Å². The monoisotopic (exact) mass is 504 g/mol. The topological polar surface area (TPSA) is 58.6 Å². The first-order valence-corrected chi connectivity index (χ1v) is 12.8. The molecule has 2 aromatic rings. The molecule has 1 N–H and O–H groups in total. The van der Waals surface area contributed by atoms with Crippen molar-refractivity contribution in [3.05, 3.63) is 63.1 Å². The van der Waals surface area contributed by atoms with Crippen LogP contribution in [0.4, 0.5) is 0 Å². The second-order valence-corrected chi connectivity index (χ2v) is 9.93. The van der Waals surface area contributed by atoms with Crippen LogP contribution in [0.3, 0.4) is 0 Å². The molecule has 2 aromatic carbocycles. The van der Waals surface area contributed by atoms with Gasteiger partial charge in [0.05, 0.1) is 0 Å². The van der Waals surface area contributed by atoms with E-state index in [2.05, 4.69) is 5.32 Å². The van der Waals surface area contributed by atoms with Gasteiger partial charge in [-0.05, 0) is 68.0 Å². The lowest BCUT2D eigenvalue weighted by Crippen LogP contribution is -2.52. The van der Waals surface area contributed by atoms with E-state index >= 15 is 0 Å². The molecule has 3 rings (SSSR count). The number of amides is 2. The molecule has 1 aliphatic rings. The quantitative estimate of drug-likeness (QED) is 0.439. The smallest absolute Gasteiger partial charge is 0.261 e. The van der Waals surface area contributed by atoms with Crippen molar-refractivity contribution in [3.63, 3.8) is 0 Å². The molecule has 7 heteroatoms. The summed E-state index contributed by atoms with van der Waals surface area (Å²) in [6.07, 6.45) is 5.89. The highest BCUT2D eigenvalue weighted by Crippen LogP contribution is 2.25. The number of nitrogens with zero attached hydrogens (tertiary/aromatic N) is 1. The zero-order chi connectivity index (χ0) is 24.7. The van der Waals surface area contributed by atoms with Crippen molar-refractivity contribution in [2.45, 2.75) is 77.9 Å². The number of benzene rings is 2. The Hall–Kier alpha value is -2.24. The fraction of sp³-hybridized carbons (Fsp3) is 0.481. The van der Waals surface area contributed by atoms with Gasteiger partial charge < -0.3 is 15.0 Å². The highest BCUT2D eigenvalue weighted by molar-refractivity contribution is 6.35. The van der Waals surface area contributed by atoms with E-state index in [0.29, 0.717) is 22.2 Å². The highest BCUT2D eigenvalue weighted by Gasteiger charge is 2.31. The van der Waals surface area contributed by atoms with Gasteiger partial charge in [0.2, 0.25) is 5.91 Å². The average Bonchev–Trinajstić information content (AvgIpc) is 2.81. The fourth-order valence-electron chi connectivity index (χ4n) is 4.38. The van der Waals surface area contributed by atoms with Crippen LogP contribution in [-0.4, -0.2) is 35.4 Å². The molecule has 5 nitrogen and oxygen atoms in total. The number of ether oxygens (including phenoxy) is 1. The van der Waals surface area contributed by atoms with E-state index in [1.54, 1.807) is 23.1 Å². The average molecular weight is 505 g/mol. The number of nitrogens with one attached hydrogen (secondary N) is 1. The van der Waals surface area contributed by atoms with Gasteiger partial charge in [-0.1, -0.05) is 67.6 Å². The maximum absolute atomic E-state index is 13.4. The van der Waals surface area contributed by atoms with Crippen LogP contribution >= 0.6 is 23.2 Å². The minimum atomic E-state index is -0.622. The van der Waals surface area contributed by atoms with Crippen LogP contribution in [-0.2, 0) is 16.1 Å². The molecule has 0 saturated heterocycles. The molecular formula is C27H34Cl2N2O3. The summed E-state index contributed by atoms with van der Waals surface area (Å²) in [6.45, 7) is 5.87. The molecule has 0 spiro atoms. The second-order valence-electron chi connectivity index (χ2n) is 9.08. The normalized spacial score (nSPS) is 15.0. The standard InChI is InChI=1S/C27H34Cl2N2O3/c1-4-24(27(33)30-22-8-6-5-7-9-22)31(16-20-12-13-21(28)15-23(20)29)26(32)17-34-25-14-18(2)10-11-19(25)3/h10-15,22,24H,4-9,16-17H2,1-3H3,(H,30,33). The summed E-state index contributed by atoms with van der Waals surface area (Å²) in [6, 6.07) is 10.6. The van der Waals surface area contributed by atoms with Crippen LogP contribution in [0, 0.1) is 13.8 Å². The Morgan fingerprint density at radius 1 is 1.09 bits per heavy atom. The van der Waals surface area contributed by atoms with E-state index in [-0.39, 0.29) is 31.0 Å². The first-order chi connectivity index (χ1) is 16.3. The number of hydrogen-bond acceptors (Lipinski definition) is 3. The zero-order valence-corrected chi connectivity index (χ0v) is 21.7. The molecule has 0 aromatic heterocycles. The van der Waals surface area contributed by atoms with E-state index < -0.39 is 6.04 Å². The van der Waals surface area contributed by atoms with Crippen LogP contribution in [0.1, 0.15) is 62.1 Å². The number of aryl methyl sites for hydroxylation is 2. The molecule has 1 unspecified atom stereocenters. The number of rotatable bonds is 9. The van der Waals surface area contributed by atoms with Crippen LogP contribution < -0.4 is 10.1 Å².